The van der Waals surface area contributed by atoms with Crippen LogP contribution in [0, 0.1) is 0 Å². The summed E-state index contributed by atoms with van der Waals surface area (Å²) in [5, 5.41) is 0. The zero-order valence-electron chi connectivity index (χ0n) is 12.7. The normalized spacial score (nSPS) is 13.5. The van der Waals surface area contributed by atoms with Gasteiger partial charge >= 0.3 is 6.18 Å². The van der Waals surface area contributed by atoms with Crippen LogP contribution in [0.25, 0.3) is 10.4 Å². The number of anilines is 1. The summed E-state index contributed by atoms with van der Waals surface area (Å²) < 4.78 is 41.3. The maximum Gasteiger partial charge on any atom is 0.416 e. The molecule has 0 unspecified atom stereocenters. The number of halogens is 4. The molecule has 25 heavy (non-hydrogen) atoms. The van der Waals surface area contributed by atoms with E-state index in [-0.39, 0.29) is 0 Å². The van der Waals surface area contributed by atoms with E-state index in [1.54, 1.807) is 11.3 Å². The molecule has 0 atom stereocenters. The second-order valence-electron chi connectivity index (χ2n) is 5.57. The molecule has 3 aromatic rings. The summed E-state index contributed by atoms with van der Waals surface area (Å²) in [5.41, 5.74) is 2.89. The third-order valence-corrected chi connectivity index (χ3v) is 6.61. The third kappa shape index (κ3) is 3.32. The summed E-state index contributed by atoms with van der Waals surface area (Å²) in [6.07, 6.45) is -4.31. The van der Waals surface area contributed by atoms with Crippen LogP contribution in [0.2, 0.25) is 0 Å². The van der Waals surface area contributed by atoms with E-state index in [2.05, 4.69) is 38.4 Å². The van der Waals surface area contributed by atoms with Crippen LogP contribution in [0.15, 0.2) is 63.3 Å². The van der Waals surface area contributed by atoms with Crippen molar-refractivity contribution in [2.45, 2.75) is 17.6 Å². The van der Waals surface area contributed by atoms with Crippen molar-refractivity contribution in [1.29, 1.82) is 0 Å². The van der Waals surface area contributed by atoms with E-state index >= 15 is 0 Å². The molecule has 0 aliphatic carbocycles. The van der Waals surface area contributed by atoms with Gasteiger partial charge in [0, 0.05) is 4.90 Å². The highest BCUT2D eigenvalue weighted by molar-refractivity contribution is 9.11. The van der Waals surface area contributed by atoms with Crippen molar-refractivity contribution in [3.8, 4) is 10.4 Å². The van der Waals surface area contributed by atoms with Crippen molar-refractivity contribution < 1.29 is 13.2 Å². The van der Waals surface area contributed by atoms with E-state index < -0.39 is 11.7 Å². The van der Waals surface area contributed by atoms with E-state index in [1.165, 1.54) is 40.1 Å². The van der Waals surface area contributed by atoms with Crippen LogP contribution in [-0.2, 0) is 12.7 Å². The van der Waals surface area contributed by atoms with Crippen molar-refractivity contribution in [2.24, 2.45) is 0 Å². The second kappa shape index (κ2) is 6.37. The molecule has 1 nitrogen and oxygen atoms in total. The van der Waals surface area contributed by atoms with Gasteiger partial charge in [-0.2, -0.15) is 13.2 Å². The summed E-state index contributed by atoms with van der Waals surface area (Å²) in [6, 6.07) is 15.6. The molecule has 128 valence electrons. The predicted octanol–water partition coefficient (Wildman–Crippen LogP) is 7.22. The van der Waals surface area contributed by atoms with Crippen LogP contribution in [0.3, 0.4) is 0 Å². The number of benzene rings is 2. The lowest BCUT2D eigenvalue weighted by atomic mass is 10.0. The molecule has 0 spiro atoms. The lowest BCUT2D eigenvalue weighted by molar-refractivity contribution is -0.137. The maximum absolute atomic E-state index is 12.7. The smallest absolute Gasteiger partial charge is 0.306 e. The standard InChI is InChI=1S/C18H11BrF3NS2/c19-16-9-15-17(24-16)14-4-2-1-3-11(14)10-23(15)25-13-7-5-12(6-8-13)18(20,21)22/h1-9H,10H2. The summed E-state index contributed by atoms with van der Waals surface area (Å²) >= 11 is 6.67. The Kier molecular flexibility index (Phi) is 4.33. The van der Waals surface area contributed by atoms with Crippen molar-refractivity contribution in [3.63, 3.8) is 0 Å². The average molecular weight is 442 g/mol. The Hall–Kier alpha value is -1.44. The van der Waals surface area contributed by atoms with Crippen LogP contribution in [0.4, 0.5) is 18.9 Å². The Labute approximate surface area is 159 Å². The Morgan fingerprint density at radius 1 is 1.04 bits per heavy atom. The summed E-state index contributed by atoms with van der Waals surface area (Å²) in [7, 11) is 0. The lowest BCUT2D eigenvalue weighted by Crippen LogP contribution is -2.18. The first-order valence-electron chi connectivity index (χ1n) is 7.42. The second-order valence-corrected chi connectivity index (χ2v) is 9.10. The van der Waals surface area contributed by atoms with Crippen molar-refractivity contribution in [1.82, 2.24) is 0 Å². The minimum absolute atomic E-state index is 0.625. The van der Waals surface area contributed by atoms with Crippen molar-refractivity contribution in [2.75, 3.05) is 4.31 Å². The van der Waals surface area contributed by atoms with Gasteiger partial charge in [0.25, 0.3) is 0 Å². The van der Waals surface area contributed by atoms with Gasteiger partial charge in [-0.15, -0.1) is 11.3 Å². The molecule has 4 rings (SSSR count). The first-order chi connectivity index (χ1) is 11.9. The molecule has 0 N–H and O–H groups in total. The van der Waals surface area contributed by atoms with Gasteiger partial charge in [0.1, 0.15) is 0 Å². The number of hydrogen-bond acceptors (Lipinski definition) is 3. The van der Waals surface area contributed by atoms with Gasteiger partial charge in [0.15, 0.2) is 0 Å². The highest BCUT2D eigenvalue weighted by Gasteiger charge is 2.30. The fraction of sp³-hybridized carbons (Fsp3) is 0.111. The largest absolute Gasteiger partial charge is 0.416 e. The molecule has 2 aromatic carbocycles. The van der Waals surface area contributed by atoms with Gasteiger partial charge < -0.3 is 4.31 Å². The fourth-order valence-electron chi connectivity index (χ4n) is 2.76. The summed E-state index contributed by atoms with van der Waals surface area (Å²) in [5.74, 6) is 0. The molecule has 1 aromatic heterocycles. The minimum Gasteiger partial charge on any atom is -0.306 e. The zero-order chi connectivity index (χ0) is 17.6. The van der Waals surface area contributed by atoms with Crippen molar-refractivity contribution in [3.05, 3.63) is 69.5 Å². The first kappa shape index (κ1) is 17.0. The number of rotatable bonds is 2. The summed E-state index contributed by atoms with van der Waals surface area (Å²) in [6.45, 7) is 0.706. The fourth-order valence-corrected chi connectivity index (χ4v) is 5.43. The van der Waals surface area contributed by atoms with Crippen LogP contribution < -0.4 is 4.31 Å². The molecule has 1 aliphatic heterocycles. The van der Waals surface area contributed by atoms with Crippen LogP contribution >= 0.6 is 39.2 Å². The van der Waals surface area contributed by atoms with E-state index in [1.807, 2.05) is 12.1 Å². The molecule has 0 saturated heterocycles. The maximum atomic E-state index is 12.7. The van der Waals surface area contributed by atoms with E-state index in [0.717, 1.165) is 26.5 Å². The third-order valence-electron chi connectivity index (χ3n) is 3.92. The van der Waals surface area contributed by atoms with Gasteiger partial charge in [-0.3, -0.25) is 0 Å². The van der Waals surface area contributed by atoms with E-state index in [4.69, 9.17) is 0 Å². The average Bonchev–Trinajstić information content (AvgIpc) is 2.97. The number of fused-ring (bicyclic) bond motifs is 3. The Bertz CT molecular complexity index is 919. The monoisotopic (exact) mass is 441 g/mol. The summed E-state index contributed by atoms with van der Waals surface area (Å²) in [4.78, 5) is 1.95. The molecule has 0 saturated carbocycles. The van der Waals surface area contributed by atoms with Gasteiger partial charge in [0.2, 0.25) is 0 Å². The topological polar surface area (TPSA) is 3.24 Å². The Balaban J connectivity index is 1.66. The lowest BCUT2D eigenvalue weighted by Gasteiger charge is -2.29. The number of nitrogens with zero attached hydrogens (tertiary/aromatic N) is 1. The Morgan fingerprint density at radius 3 is 2.48 bits per heavy atom. The van der Waals surface area contributed by atoms with Crippen LogP contribution in [0.5, 0.6) is 0 Å². The number of alkyl halides is 3. The molecular weight excluding hydrogens is 431 g/mol. The van der Waals surface area contributed by atoms with Gasteiger partial charge in [-0.25, -0.2) is 0 Å². The van der Waals surface area contributed by atoms with Crippen molar-refractivity contribution >= 4 is 44.9 Å². The molecular formula is C18H11BrF3NS2. The highest BCUT2D eigenvalue weighted by Crippen LogP contribution is 2.49. The zero-order valence-corrected chi connectivity index (χ0v) is 15.9. The molecule has 1 aliphatic rings. The van der Waals surface area contributed by atoms with Gasteiger partial charge in [0.05, 0.1) is 26.5 Å². The van der Waals surface area contributed by atoms with E-state index in [0.29, 0.717) is 6.54 Å². The number of thiophene rings is 1. The van der Waals surface area contributed by atoms with E-state index in [9.17, 15) is 13.2 Å². The molecule has 7 heteroatoms. The van der Waals surface area contributed by atoms with Crippen LogP contribution in [0.1, 0.15) is 11.1 Å². The molecule has 0 radical (unpaired) electrons. The SMILES string of the molecule is FC(F)(F)c1ccc(SN2Cc3ccccc3-c3sc(Br)cc32)cc1. The minimum atomic E-state index is -4.31. The Morgan fingerprint density at radius 2 is 1.76 bits per heavy atom. The molecule has 0 amide bonds. The molecule has 2 heterocycles. The molecule has 0 bridgehead atoms. The van der Waals surface area contributed by atoms with Crippen LogP contribution in [-0.4, -0.2) is 0 Å². The number of hydrogen-bond donors (Lipinski definition) is 0. The predicted molar refractivity (Wildman–Crippen MR) is 101 cm³/mol. The first-order valence-corrected chi connectivity index (χ1v) is 9.80. The quantitative estimate of drug-likeness (QED) is 0.386. The van der Waals surface area contributed by atoms with Gasteiger partial charge in [-0.1, -0.05) is 24.3 Å². The molecule has 0 fully saturated rings. The highest BCUT2D eigenvalue weighted by atomic mass is 79.9. The van der Waals surface area contributed by atoms with Gasteiger partial charge in [-0.05, 0) is 69.3 Å².